The number of benzene rings is 1. The van der Waals surface area contributed by atoms with Crippen molar-refractivity contribution in [1.29, 1.82) is 0 Å². The van der Waals surface area contributed by atoms with Gasteiger partial charge >= 0.3 is 0 Å². The molecule has 94 valence electrons. The van der Waals surface area contributed by atoms with Gasteiger partial charge in [0.15, 0.2) is 0 Å². The molecular weight excluding hydrogens is 280 g/mol. The summed E-state index contributed by atoms with van der Waals surface area (Å²) in [7, 11) is 1.66. The molecule has 1 rings (SSSR count). The van der Waals surface area contributed by atoms with E-state index in [4.69, 9.17) is 0 Å². The van der Waals surface area contributed by atoms with Crippen molar-refractivity contribution in [2.75, 3.05) is 18.9 Å². The maximum Gasteiger partial charge on any atom is 0.219 e. The Hall–Kier alpha value is -1.03. The second-order valence-corrected chi connectivity index (χ2v) is 4.92. The van der Waals surface area contributed by atoms with Crippen LogP contribution in [0.4, 0.5) is 5.69 Å². The van der Waals surface area contributed by atoms with E-state index in [2.05, 4.69) is 52.5 Å². The van der Waals surface area contributed by atoms with Gasteiger partial charge in [0.05, 0.1) is 0 Å². The van der Waals surface area contributed by atoms with Gasteiger partial charge in [0.25, 0.3) is 0 Å². The van der Waals surface area contributed by atoms with Crippen LogP contribution in [-0.2, 0) is 4.79 Å². The Morgan fingerprint density at radius 3 is 2.41 bits per heavy atom. The first-order valence-electron chi connectivity index (χ1n) is 5.75. The normalized spacial score (nSPS) is 10.1. The van der Waals surface area contributed by atoms with Crippen LogP contribution in [0.1, 0.15) is 24.0 Å². The van der Waals surface area contributed by atoms with E-state index in [-0.39, 0.29) is 5.91 Å². The van der Waals surface area contributed by atoms with E-state index < -0.39 is 0 Å². The summed E-state index contributed by atoms with van der Waals surface area (Å²) in [6.45, 7) is 4.97. The average Bonchev–Trinajstić information content (AvgIpc) is 2.31. The Bertz CT molecular complexity index is 381. The average molecular weight is 299 g/mol. The number of aryl methyl sites for hydroxylation is 2. The third kappa shape index (κ3) is 4.38. The summed E-state index contributed by atoms with van der Waals surface area (Å²) in [5.74, 6) is 0.0926. The van der Waals surface area contributed by atoms with Crippen LogP contribution in [0.3, 0.4) is 0 Å². The lowest BCUT2D eigenvalue weighted by Crippen LogP contribution is -2.18. The van der Waals surface area contributed by atoms with Crippen molar-refractivity contribution >= 4 is 27.5 Å². The van der Waals surface area contributed by atoms with E-state index in [1.165, 1.54) is 11.1 Å². The lowest BCUT2D eigenvalue weighted by molar-refractivity contribution is -0.120. The summed E-state index contributed by atoms with van der Waals surface area (Å²) in [6, 6.07) is 4.22. The fraction of sp³-hybridized carbons (Fsp3) is 0.462. The van der Waals surface area contributed by atoms with Gasteiger partial charge in [-0.05, 0) is 43.5 Å². The highest BCUT2D eigenvalue weighted by Gasteiger charge is 2.02. The summed E-state index contributed by atoms with van der Waals surface area (Å²) in [5.41, 5.74) is 3.55. The van der Waals surface area contributed by atoms with Gasteiger partial charge < -0.3 is 10.6 Å². The van der Waals surface area contributed by atoms with Crippen LogP contribution >= 0.6 is 15.9 Å². The monoisotopic (exact) mass is 298 g/mol. The number of hydrogen-bond acceptors (Lipinski definition) is 2. The summed E-state index contributed by atoms with van der Waals surface area (Å²) in [6.07, 6.45) is 1.41. The van der Waals surface area contributed by atoms with Crippen LogP contribution < -0.4 is 10.6 Å². The standard InChI is InChI=1S/C13H19BrN2O/c1-9-7-11(8-10(2)13(9)14)16-6-4-5-12(17)15-3/h7-8,16H,4-6H2,1-3H3,(H,15,17). The van der Waals surface area contributed by atoms with Gasteiger partial charge in [0.2, 0.25) is 5.91 Å². The molecule has 0 saturated heterocycles. The zero-order valence-electron chi connectivity index (χ0n) is 10.6. The molecule has 4 heteroatoms. The molecule has 1 aromatic carbocycles. The Morgan fingerprint density at radius 1 is 1.29 bits per heavy atom. The fourth-order valence-corrected chi connectivity index (χ4v) is 1.88. The molecule has 2 N–H and O–H groups in total. The molecule has 0 fully saturated rings. The van der Waals surface area contributed by atoms with Crippen molar-refractivity contribution in [3.05, 3.63) is 27.7 Å². The topological polar surface area (TPSA) is 41.1 Å². The van der Waals surface area contributed by atoms with E-state index in [0.717, 1.165) is 23.1 Å². The van der Waals surface area contributed by atoms with Crippen LogP contribution in [0.2, 0.25) is 0 Å². The zero-order valence-corrected chi connectivity index (χ0v) is 12.1. The van der Waals surface area contributed by atoms with Crippen molar-refractivity contribution < 1.29 is 4.79 Å². The van der Waals surface area contributed by atoms with Gasteiger partial charge in [0, 0.05) is 30.2 Å². The molecule has 0 bridgehead atoms. The first kappa shape index (κ1) is 14.0. The molecule has 0 aliphatic heterocycles. The predicted molar refractivity (Wildman–Crippen MR) is 75.4 cm³/mol. The van der Waals surface area contributed by atoms with Crippen molar-refractivity contribution in [3.8, 4) is 0 Å². The van der Waals surface area contributed by atoms with E-state index in [1.807, 2.05) is 0 Å². The lowest BCUT2D eigenvalue weighted by atomic mass is 10.1. The maximum atomic E-state index is 11.0. The Balaban J connectivity index is 2.45. The van der Waals surface area contributed by atoms with Crippen molar-refractivity contribution in [3.63, 3.8) is 0 Å². The maximum absolute atomic E-state index is 11.0. The van der Waals surface area contributed by atoms with Crippen molar-refractivity contribution in [2.45, 2.75) is 26.7 Å². The number of nitrogens with one attached hydrogen (secondary N) is 2. The van der Waals surface area contributed by atoms with Gasteiger partial charge in [-0.3, -0.25) is 4.79 Å². The molecule has 0 radical (unpaired) electrons. The molecule has 0 heterocycles. The fourth-order valence-electron chi connectivity index (χ4n) is 1.65. The Labute approximate surface area is 111 Å². The number of anilines is 1. The summed E-state index contributed by atoms with van der Waals surface area (Å²) in [5, 5.41) is 5.95. The first-order valence-corrected chi connectivity index (χ1v) is 6.55. The minimum atomic E-state index is 0.0926. The van der Waals surface area contributed by atoms with Crippen LogP contribution in [0.5, 0.6) is 0 Å². The largest absolute Gasteiger partial charge is 0.385 e. The van der Waals surface area contributed by atoms with Gasteiger partial charge in [-0.2, -0.15) is 0 Å². The van der Waals surface area contributed by atoms with Crippen molar-refractivity contribution in [2.24, 2.45) is 0 Å². The Morgan fingerprint density at radius 2 is 1.88 bits per heavy atom. The highest BCUT2D eigenvalue weighted by molar-refractivity contribution is 9.10. The van der Waals surface area contributed by atoms with Crippen LogP contribution in [-0.4, -0.2) is 19.5 Å². The molecule has 1 aromatic rings. The lowest BCUT2D eigenvalue weighted by Gasteiger charge is -2.10. The number of halogens is 1. The van der Waals surface area contributed by atoms with Gasteiger partial charge in [0.1, 0.15) is 0 Å². The SMILES string of the molecule is CNC(=O)CCCNc1cc(C)c(Br)c(C)c1. The third-order valence-corrected chi connectivity index (χ3v) is 3.88. The molecule has 0 aromatic heterocycles. The molecule has 0 saturated carbocycles. The second kappa shape index (κ2) is 6.64. The van der Waals surface area contributed by atoms with E-state index in [1.54, 1.807) is 7.05 Å². The predicted octanol–water partition coefficient (Wildman–Crippen LogP) is 3.00. The molecule has 0 aliphatic carbocycles. The molecule has 0 unspecified atom stereocenters. The minimum absolute atomic E-state index is 0.0926. The number of carbonyl (C=O) groups is 1. The van der Waals surface area contributed by atoms with E-state index in [9.17, 15) is 4.79 Å². The van der Waals surface area contributed by atoms with Crippen LogP contribution in [0, 0.1) is 13.8 Å². The highest BCUT2D eigenvalue weighted by Crippen LogP contribution is 2.24. The third-order valence-electron chi connectivity index (χ3n) is 2.63. The van der Waals surface area contributed by atoms with Crippen LogP contribution in [0.15, 0.2) is 16.6 Å². The van der Waals surface area contributed by atoms with Gasteiger partial charge in [-0.1, -0.05) is 15.9 Å². The van der Waals surface area contributed by atoms with Crippen LogP contribution in [0.25, 0.3) is 0 Å². The Kier molecular flexibility index (Phi) is 5.48. The molecule has 0 spiro atoms. The summed E-state index contributed by atoms with van der Waals surface area (Å²) < 4.78 is 1.16. The quantitative estimate of drug-likeness (QED) is 0.821. The smallest absolute Gasteiger partial charge is 0.219 e. The molecular formula is C13H19BrN2O. The van der Waals surface area contributed by atoms with Gasteiger partial charge in [-0.15, -0.1) is 0 Å². The number of carbonyl (C=O) groups excluding carboxylic acids is 1. The first-order chi connectivity index (χ1) is 8.04. The zero-order chi connectivity index (χ0) is 12.8. The molecule has 3 nitrogen and oxygen atoms in total. The highest BCUT2D eigenvalue weighted by atomic mass is 79.9. The summed E-state index contributed by atoms with van der Waals surface area (Å²) in [4.78, 5) is 11.0. The summed E-state index contributed by atoms with van der Waals surface area (Å²) >= 11 is 3.54. The van der Waals surface area contributed by atoms with E-state index >= 15 is 0 Å². The molecule has 1 amide bonds. The minimum Gasteiger partial charge on any atom is -0.385 e. The number of hydrogen-bond donors (Lipinski definition) is 2. The van der Waals surface area contributed by atoms with Crippen molar-refractivity contribution in [1.82, 2.24) is 5.32 Å². The number of amides is 1. The molecule has 17 heavy (non-hydrogen) atoms. The second-order valence-electron chi connectivity index (χ2n) is 4.13. The van der Waals surface area contributed by atoms with Gasteiger partial charge in [-0.25, -0.2) is 0 Å². The van der Waals surface area contributed by atoms with E-state index in [0.29, 0.717) is 6.42 Å². The number of rotatable bonds is 5. The molecule has 0 aliphatic rings. The molecule has 0 atom stereocenters.